The number of halogens is 1. The van der Waals surface area contributed by atoms with Gasteiger partial charge in [0.1, 0.15) is 18.3 Å². The summed E-state index contributed by atoms with van der Waals surface area (Å²) in [5.74, 6) is -0.363. The summed E-state index contributed by atoms with van der Waals surface area (Å²) in [6, 6.07) is 18.9. The molecule has 0 aliphatic carbocycles. The van der Waals surface area contributed by atoms with Crippen molar-refractivity contribution in [1.82, 2.24) is 10.2 Å². The van der Waals surface area contributed by atoms with E-state index in [0.717, 1.165) is 15.4 Å². The van der Waals surface area contributed by atoms with Crippen LogP contribution in [0.25, 0.3) is 0 Å². The van der Waals surface area contributed by atoms with Crippen LogP contribution in [0.5, 0.6) is 5.75 Å². The van der Waals surface area contributed by atoms with Crippen LogP contribution >= 0.6 is 11.6 Å². The van der Waals surface area contributed by atoms with Crippen LogP contribution in [0.3, 0.4) is 0 Å². The number of likely N-dealkylation sites (N-methyl/N-ethyl adjacent to an activating group) is 1. The lowest BCUT2D eigenvalue weighted by atomic mass is 10.1. The van der Waals surface area contributed by atoms with Crippen molar-refractivity contribution >= 4 is 39.1 Å². The monoisotopic (exact) mass is 557 g/mol. The molecular weight excluding hydrogens is 526 g/mol. The third kappa shape index (κ3) is 7.05. The molecule has 3 aromatic carbocycles. The lowest BCUT2D eigenvalue weighted by molar-refractivity contribution is -0.139. The maximum absolute atomic E-state index is 13.8. The molecule has 2 amide bonds. The molecule has 0 radical (unpaired) electrons. The van der Waals surface area contributed by atoms with Gasteiger partial charge in [0.25, 0.3) is 10.0 Å². The molecule has 0 aliphatic rings. The number of nitrogens with one attached hydrogen (secondary N) is 1. The van der Waals surface area contributed by atoms with E-state index >= 15 is 0 Å². The van der Waals surface area contributed by atoms with Crippen molar-refractivity contribution in [2.45, 2.75) is 38.3 Å². The fourth-order valence-corrected chi connectivity index (χ4v) is 5.35. The highest BCUT2D eigenvalue weighted by atomic mass is 35.5. The molecule has 10 heteroatoms. The summed E-state index contributed by atoms with van der Waals surface area (Å²) in [5, 5.41) is 3.17. The van der Waals surface area contributed by atoms with Gasteiger partial charge in [0, 0.05) is 18.1 Å². The van der Waals surface area contributed by atoms with Gasteiger partial charge >= 0.3 is 0 Å². The van der Waals surface area contributed by atoms with Crippen molar-refractivity contribution < 1.29 is 22.7 Å². The van der Waals surface area contributed by atoms with Gasteiger partial charge in [0.05, 0.1) is 17.7 Å². The van der Waals surface area contributed by atoms with Gasteiger partial charge in [-0.25, -0.2) is 8.42 Å². The van der Waals surface area contributed by atoms with Gasteiger partial charge < -0.3 is 15.0 Å². The van der Waals surface area contributed by atoms with E-state index in [2.05, 4.69) is 5.32 Å². The van der Waals surface area contributed by atoms with Gasteiger partial charge in [0.15, 0.2) is 0 Å². The topological polar surface area (TPSA) is 96.0 Å². The molecule has 1 atom stereocenters. The third-order valence-corrected chi connectivity index (χ3v) is 8.07. The van der Waals surface area contributed by atoms with Crippen molar-refractivity contribution in [2.24, 2.45) is 0 Å². The number of aryl methyl sites for hydroxylation is 1. The van der Waals surface area contributed by atoms with Crippen LogP contribution in [0, 0.1) is 6.92 Å². The van der Waals surface area contributed by atoms with E-state index in [-0.39, 0.29) is 23.0 Å². The molecule has 38 heavy (non-hydrogen) atoms. The van der Waals surface area contributed by atoms with Crippen molar-refractivity contribution in [3.05, 3.63) is 88.9 Å². The molecule has 0 unspecified atom stereocenters. The second kappa shape index (κ2) is 12.8. The number of benzene rings is 3. The summed E-state index contributed by atoms with van der Waals surface area (Å²) in [5.41, 5.74) is 2.14. The molecule has 0 heterocycles. The van der Waals surface area contributed by atoms with Gasteiger partial charge in [-0.2, -0.15) is 0 Å². The molecule has 1 N–H and O–H groups in total. The summed E-state index contributed by atoms with van der Waals surface area (Å²) >= 11 is 6.04. The number of methoxy groups -OCH3 is 1. The molecule has 0 saturated heterocycles. The van der Waals surface area contributed by atoms with E-state index in [4.69, 9.17) is 16.3 Å². The van der Waals surface area contributed by atoms with E-state index in [1.165, 1.54) is 48.4 Å². The van der Waals surface area contributed by atoms with Gasteiger partial charge in [0.2, 0.25) is 11.8 Å². The fourth-order valence-electron chi connectivity index (χ4n) is 3.81. The molecule has 202 valence electrons. The second-order valence-corrected chi connectivity index (χ2v) is 11.0. The number of sulfonamides is 1. The standard InChI is InChI=1S/C28H32ClN3O5S/c1-5-30-28(34)21(3)31(18-22-8-6-20(2)7-9-22)27(33)19-32(24-12-10-23(29)11-13-24)38(35,36)26-16-14-25(37-4)15-17-26/h6-17,21H,5,18-19H2,1-4H3,(H,30,34)/t21-/m1/s1. The van der Waals surface area contributed by atoms with Crippen molar-refractivity contribution in [3.8, 4) is 5.75 Å². The zero-order valence-electron chi connectivity index (χ0n) is 21.8. The summed E-state index contributed by atoms with van der Waals surface area (Å²) in [6.45, 7) is 5.39. The van der Waals surface area contributed by atoms with Crippen LogP contribution in [0.1, 0.15) is 25.0 Å². The Balaban J connectivity index is 2.01. The molecule has 3 rings (SSSR count). The van der Waals surface area contributed by atoms with Crippen LogP contribution in [-0.2, 0) is 26.2 Å². The second-order valence-electron chi connectivity index (χ2n) is 8.74. The summed E-state index contributed by atoms with van der Waals surface area (Å²) in [7, 11) is -2.68. The molecule has 0 fully saturated rings. The first kappa shape index (κ1) is 29.0. The number of hydrogen-bond acceptors (Lipinski definition) is 5. The Labute approximate surface area is 229 Å². The third-order valence-electron chi connectivity index (χ3n) is 6.03. The number of hydrogen-bond donors (Lipinski definition) is 1. The highest BCUT2D eigenvalue weighted by Crippen LogP contribution is 2.27. The predicted octanol–water partition coefficient (Wildman–Crippen LogP) is 4.41. The SMILES string of the molecule is CCNC(=O)[C@@H](C)N(Cc1ccc(C)cc1)C(=O)CN(c1ccc(Cl)cc1)S(=O)(=O)c1ccc(OC)cc1. The van der Waals surface area contributed by atoms with Crippen LogP contribution in [0.4, 0.5) is 5.69 Å². The smallest absolute Gasteiger partial charge is 0.264 e. The highest BCUT2D eigenvalue weighted by molar-refractivity contribution is 7.92. The molecular formula is C28H32ClN3O5S. The minimum absolute atomic E-state index is 0.0112. The largest absolute Gasteiger partial charge is 0.497 e. The van der Waals surface area contributed by atoms with Gasteiger partial charge in [-0.05, 0) is 74.9 Å². The lowest BCUT2D eigenvalue weighted by Gasteiger charge is -2.32. The Bertz CT molecular complexity index is 1340. The first-order valence-electron chi connectivity index (χ1n) is 12.1. The minimum Gasteiger partial charge on any atom is -0.497 e. The normalized spacial score (nSPS) is 11.9. The molecule has 0 spiro atoms. The van der Waals surface area contributed by atoms with E-state index < -0.39 is 28.5 Å². The number of carbonyl (C=O) groups excluding carboxylic acids is 2. The number of amides is 2. The number of ether oxygens (including phenoxy) is 1. The Morgan fingerprint density at radius 3 is 2.13 bits per heavy atom. The molecule has 0 bridgehead atoms. The minimum atomic E-state index is -4.17. The predicted molar refractivity (Wildman–Crippen MR) is 149 cm³/mol. The van der Waals surface area contributed by atoms with Crippen LogP contribution in [-0.4, -0.2) is 51.4 Å². The average Bonchev–Trinajstić information content (AvgIpc) is 2.91. The highest BCUT2D eigenvalue weighted by Gasteiger charge is 2.32. The summed E-state index contributed by atoms with van der Waals surface area (Å²) in [6.07, 6.45) is 0. The lowest BCUT2D eigenvalue weighted by Crippen LogP contribution is -2.51. The van der Waals surface area contributed by atoms with Crippen LogP contribution < -0.4 is 14.4 Å². The van der Waals surface area contributed by atoms with Crippen LogP contribution in [0.15, 0.2) is 77.7 Å². The Kier molecular flexibility index (Phi) is 9.77. The van der Waals surface area contributed by atoms with E-state index in [1.54, 1.807) is 26.0 Å². The summed E-state index contributed by atoms with van der Waals surface area (Å²) < 4.78 is 33.7. The average molecular weight is 558 g/mol. The van der Waals surface area contributed by atoms with Crippen molar-refractivity contribution in [2.75, 3.05) is 24.5 Å². The molecule has 3 aromatic rings. The number of anilines is 1. The van der Waals surface area contributed by atoms with Crippen molar-refractivity contribution in [1.29, 1.82) is 0 Å². The Morgan fingerprint density at radius 1 is 0.974 bits per heavy atom. The molecule has 0 aromatic heterocycles. The zero-order valence-corrected chi connectivity index (χ0v) is 23.4. The van der Waals surface area contributed by atoms with Crippen molar-refractivity contribution in [3.63, 3.8) is 0 Å². The van der Waals surface area contributed by atoms with Gasteiger partial charge in [-0.1, -0.05) is 41.4 Å². The number of rotatable bonds is 11. The first-order chi connectivity index (χ1) is 18.1. The Morgan fingerprint density at radius 2 is 1.58 bits per heavy atom. The van der Waals surface area contributed by atoms with E-state index in [0.29, 0.717) is 17.3 Å². The quantitative estimate of drug-likeness (QED) is 0.377. The fraction of sp³-hybridized carbons (Fsp3) is 0.286. The van der Waals surface area contributed by atoms with E-state index in [9.17, 15) is 18.0 Å². The Hall–Kier alpha value is -3.56. The van der Waals surface area contributed by atoms with Gasteiger partial charge in [-0.3, -0.25) is 13.9 Å². The van der Waals surface area contributed by atoms with E-state index in [1.807, 2.05) is 31.2 Å². The maximum atomic E-state index is 13.8. The maximum Gasteiger partial charge on any atom is 0.264 e. The molecule has 0 saturated carbocycles. The van der Waals surface area contributed by atoms with Crippen LogP contribution in [0.2, 0.25) is 5.02 Å². The number of carbonyl (C=O) groups is 2. The first-order valence-corrected chi connectivity index (χ1v) is 13.9. The van der Waals surface area contributed by atoms with Gasteiger partial charge in [-0.15, -0.1) is 0 Å². The molecule has 8 nitrogen and oxygen atoms in total. The number of nitrogens with zero attached hydrogens (tertiary/aromatic N) is 2. The molecule has 0 aliphatic heterocycles. The zero-order chi connectivity index (χ0) is 27.9. The summed E-state index contributed by atoms with van der Waals surface area (Å²) in [4.78, 5) is 27.9.